The summed E-state index contributed by atoms with van der Waals surface area (Å²) in [5, 5.41) is 3.66. The quantitative estimate of drug-likeness (QED) is 0.806. The number of ether oxygens (including phenoxy) is 1. The topological polar surface area (TPSA) is 24.5 Å². The lowest BCUT2D eigenvalue weighted by atomic mass is 10.0. The fraction of sp³-hybridized carbons (Fsp3) is 0.600. The van der Waals surface area contributed by atoms with E-state index in [4.69, 9.17) is 4.74 Å². The molecule has 5 heteroatoms. The first-order valence-electron chi connectivity index (χ1n) is 7.12. The van der Waals surface area contributed by atoms with Gasteiger partial charge in [0.1, 0.15) is 5.75 Å². The summed E-state index contributed by atoms with van der Waals surface area (Å²) in [6.07, 6.45) is 2.44. The predicted molar refractivity (Wildman–Crippen MR) is 90.4 cm³/mol. The number of nitrogens with one attached hydrogen (secondary N) is 1. The highest BCUT2D eigenvalue weighted by Crippen LogP contribution is 2.33. The van der Waals surface area contributed by atoms with Crippen molar-refractivity contribution >= 4 is 31.9 Å². The second-order valence-electron chi connectivity index (χ2n) is 5.27. The van der Waals surface area contributed by atoms with Gasteiger partial charge in [-0.05, 0) is 68.0 Å². The van der Waals surface area contributed by atoms with Crippen molar-refractivity contribution in [1.82, 2.24) is 10.2 Å². The van der Waals surface area contributed by atoms with Crippen LogP contribution in [0.4, 0.5) is 0 Å². The average molecular weight is 406 g/mol. The fourth-order valence-electron chi connectivity index (χ4n) is 2.52. The van der Waals surface area contributed by atoms with Gasteiger partial charge >= 0.3 is 0 Å². The molecular formula is C15H22Br2N2O. The Balaban J connectivity index is 2.01. The molecule has 0 aliphatic carbocycles. The number of hydrogen-bond acceptors (Lipinski definition) is 3. The van der Waals surface area contributed by atoms with Gasteiger partial charge in [0.25, 0.3) is 0 Å². The van der Waals surface area contributed by atoms with Crippen LogP contribution >= 0.6 is 31.9 Å². The maximum absolute atomic E-state index is 5.76. The Hall–Kier alpha value is -0.100. The smallest absolute Gasteiger partial charge is 0.138 e. The van der Waals surface area contributed by atoms with E-state index < -0.39 is 0 Å². The molecule has 0 amide bonds. The molecule has 0 saturated carbocycles. The molecule has 1 heterocycles. The minimum Gasteiger partial charge on any atom is -0.492 e. The van der Waals surface area contributed by atoms with Crippen LogP contribution in [0.3, 0.4) is 0 Å². The van der Waals surface area contributed by atoms with Crippen molar-refractivity contribution in [1.29, 1.82) is 0 Å². The summed E-state index contributed by atoms with van der Waals surface area (Å²) in [5.74, 6) is 0.955. The maximum atomic E-state index is 5.76. The minimum atomic E-state index is 0.610. The molecule has 1 saturated heterocycles. The molecule has 0 aromatic heterocycles. The largest absolute Gasteiger partial charge is 0.492 e. The standard InChI is InChI=1S/C15H22Br2N2O/c1-3-20-15-11(8-12(16)9-14(15)17)10-18-13-4-6-19(2)7-5-13/h8-9,13,18H,3-7,10H2,1-2H3. The van der Waals surface area contributed by atoms with Crippen LogP contribution in [-0.4, -0.2) is 37.7 Å². The van der Waals surface area contributed by atoms with Gasteiger partial charge in [-0.2, -0.15) is 0 Å². The number of piperidine rings is 1. The summed E-state index contributed by atoms with van der Waals surface area (Å²) >= 11 is 7.14. The summed E-state index contributed by atoms with van der Waals surface area (Å²) in [5.41, 5.74) is 1.20. The lowest BCUT2D eigenvalue weighted by molar-refractivity contribution is 0.233. The normalized spacial score (nSPS) is 17.4. The van der Waals surface area contributed by atoms with Gasteiger partial charge in [-0.3, -0.25) is 0 Å². The Morgan fingerprint density at radius 2 is 2.00 bits per heavy atom. The van der Waals surface area contributed by atoms with E-state index in [9.17, 15) is 0 Å². The SMILES string of the molecule is CCOc1c(Br)cc(Br)cc1CNC1CCN(C)CC1. The zero-order valence-corrected chi connectivity index (χ0v) is 15.3. The molecule has 1 aliphatic rings. The Morgan fingerprint density at radius 3 is 2.65 bits per heavy atom. The van der Waals surface area contributed by atoms with Gasteiger partial charge in [-0.25, -0.2) is 0 Å². The number of benzene rings is 1. The van der Waals surface area contributed by atoms with Crippen LogP contribution in [-0.2, 0) is 6.54 Å². The van der Waals surface area contributed by atoms with Crippen molar-refractivity contribution in [3.63, 3.8) is 0 Å². The van der Waals surface area contributed by atoms with Crippen molar-refractivity contribution in [3.05, 3.63) is 26.6 Å². The molecule has 20 heavy (non-hydrogen) atoms. The highest BCUT2D eigenvalue weighted by atomic mass is 79.9. The minimum absolute atomic E-state index is 0.610. The first kappa shape index (κ1) is 16.3. The molecular weight excluding hydrogens is 384 g/mol. The average Bonchev–Trinajstić information content (AvgIpc) is 2.41. The van der Waals surface area contributed by atoms with Crippen LogP contribution in [0, 0.1) is 0 Å². The van der Waals surface area contributed by atoms with Crippen LogP contribution in [0.25, 0.3) is 0 Å². The van der Waals surface area contributed by atoms with Crippen molar-refractivity contribution in [3.8, 4) is 5.75 Å². The third-order valence-corrected chi connectivity index (χ3v) is 4.72. The Morgan fingerprint density at radius 1 is 1.30 bits per heavy atom. The molecule has 1 N–H and O–H groups in total. The van der Waals surface area contributed by atoms with Crippen molar-refractivity contribution < 1.29 is 4.74 Å². The molecule has 1 aromatic carbocycles. The van der Waals surface area contributed by atoms with E-state index in [2.05, 4.69) is 55.2 Å². The summed E-state index contributed by atoms with van der Waals surface area (Å²) in [7, 11) is 2.19. The molecule has 3 nitrogen and oxygen atoms in total. The van der Waals surface area contributed by atoms with Crippen LogP contribution < -0.4 is 10.1 Å². The Kier molecular flexibility index (Phi) is 6.33. The number of likely N-dealkylation sites (tertiary alicyclic amines) is 1. The maximum Gasteiger partial charge on any atom is 0.138 e. The van der Waals surface area contributed by atoms with Gasteiger partial charge in [0, 0.05) is 22.6 Å². The second kappa shape index (κ2) is 7.78. The lowest BCUT2D eigenvalue weighted by Crippen LogP contribution is -2.40. The van der Waals surface area contributed by atoms with Gasteiger partial charge in [0.2, 0.25) is 0 Å². The van der Waals surface area contributed by atoms with Crippen molar-refractivity contribution in [2.24, 2.45) is 0 Å². The van der Waals surface area contributed by atoms with Gasteiger partial charge < -0.3 is 15.0 Å². The van der Waals surface area contributed by atoms with E-state index in [0.29, 0.717) is 12.6 Å². The van der Waals surface area contributed by atoms with E-state index >= 15 is 0 Å². The van der Waals surface area contributed by atoms with Crippen LogP contribution in [0.1, 0.15) is 25.3 Å². The highest BCUT2D eigenvalue weighted by molar-refractivity contribution is 9.11. The summed E-state index contributed by atoms with van der Waals surface area (Å²) in [6, 6.07) is 4.78. The summed E-state index contributed by atoms with van der Waals surface area (Å²) in [6.45, 7) is 5.90. The number of nitrogens with zero attached hydrogens (tertiary/aromatic N) is 1. The van der Waals surface area contributed by atoms with E-state index in [0.717, 1.165) is 21.2 Å². The highest BCUT2D eigenvalue weighted by Gasteiger charge is 2.17. The third kappa shape index (κ3) is 4.45. The van der Waals surface area contributed by atoms with E-state index in [-0.39, 0.29) is 0 Å². The second-order valence-corrected chi connectivity index (χ2v) is 7.04. The van der Waals surface area contributed by atoms with Gasteiger partial charge in [0.05, 0.1) is 11.1 Å². The molecule has 0 unspecified atom stereocenters. The third-order valence-electron chi connectivity index (χ3n) is 3.67. The molecule has 1 aliphatic heterocycles. The molecule has 112 valence electrons. The fourth-order valence-corrected chi connectivity index (χ4v) is 3.95. The first-order chi connectivity index (χ1) is 9.60. The number of halogens is 2. The monoisotopic (exact) mass is 404 g/mol. The Bertz CT molecular complexity index is 446. The zero-order valence-electron chi connectivity index (χ0n) is 12.1. The van der Waals surface area contributed by atoms with Gasteiger partial charge in [-0.15, -0.1) is 0 Å². The predicted octanol–water partition coefficient (Wildman–Crippen LogP) is 3.79. The van der Waals surface area contributed by atoms with Gasteiger partial charge in [-0.1, -0.05) is 15.9 Å². The molecule has 0 bridgehead atoms. The molecule has 0 spiro atoms. The molecule has 1 fully saturated rings. The summed E-state index contributed by atoms with van der Waals surface area (Å²) < 4.78 is 7.85. The number of rotatable bonds is 5. The van der Waals surface area contributed by atoms with Crippen LogP contribution in [0.2, 0.25) is 0 Å². The van der Waals surface area contributed by atoms with E-state index in [1.54, 1.807) is 0 Å². The van der Waals surface area contributed by atoms with E-state index in [1.807, 2.05) is 13.0 Å². The van der Waals surface area contributed by atoms with Crippen molar-refractivity contribution in [2.45, 2.75) is 32.4 Å². The van der Waals surface area contributed by atoms with Crippen LogP contribution in [0.15, 0.2) is 21.1 Å². The summed E-state index contributed by atoms with van der Waals surface area (Å²) in [4.78, 5) is 2.39. The van der Waals surface area contributed by atoms with Crippen molar-refractivity contribution in [2.75, 3.05) is 26.7 Å². The lowest BCUT2D eigenvalue weighted by Gasteiger charge is -2.29. The first-order valence-corrected chi connectivity index (χ1v) is 8.71. The van der Waals surface area contributed by atoms with Gasteiger partial charge in [0.15, 0.2) is 0 Å². The molecule has 1 aromatic rings. The molecule has 2 rings (SSSR count). The molecule has 0 atom stereocenters. The zero-order chi connectivity index (χ0) is 14.5. The number of hydrogen-bond donors (Lipinski definition) is 1. The Labute approximate surface area is 138 Å². The van der Waals surface area contributed by atoms with Crippen LogP contribution in [0.5, 0.6) is 5.75 Å². The molecule has 0 radical (unpaired) electrons. The van der Waals surface area contributed by atoms with E-state index in [1.165, 1.54) is 31.5 Å².